The number of carbonyl (C=O) groups excluding carboxylic acids is 2. The summed E-state index contributed by atoms with van der Waals surface area (Å²) in [5.74, 6) is 0.169. The summed E-state index contributed by atoms with van der Waals surface area (Å²) >= 11 is 0. The first-order valence-corrected chi connectivity index (χ1v) is 9.63. The van der Waals surface area contributed by atoms with E-state index in [-0.39, 0.29) is 17.4 Å². The van der Waals surface area contributed by atoms with Crippen LogP contribution >= 0.6 is 0 Å². The highest BCUT2D eigenvalue weighted by atomic mass is 19.1. The summed E-state index contributed by atoms with van der Waals surface area (Å²) in [5, 5.41) is 2.96. The zero-order valence-electron chi connectivity index (χ0n) is 16.0. The molecule has 1 aliphatic heterocycles. The van der Waals surface area contributed by atoms with Gasteiger partial charge in [-0.15, -0.1) is 0 Å². The van der Waals surface area contributed by atoms with Gasteiger partial charge in [-0.3, -0.25) is 9.59 Å². The number of rotatable bonds is 6. The molecule has 0 saturated carbocycles. The summed E-state index contributed by atoms with van der Waals surface area (Å²) in [6.07, 6.45) is 1.56. The minimum absolute atomic E-state index is 0.116. The molecule has 0 aliphatic carbocycles. The second kappa shape index (κ2) is 9.35. The SMILES string of the molecule is CCOc1ccc(C(=O)NCC2CCN(C(=O)c3ccccc3F)CC2)cc1. The Hall–Kier alpha value is -2.89. The van der Waals surface area contributed by atoms with Crippen molar-refractivity contribution < 1.29 is 18.7 Å². The maximum Gasteiger partial charge on any atom is 0.256 e. The number of ether oxygens (including phenoxy) is 1. The Morgan fingerprint density at radius 3 is 2.43 bits per heavy atom. The van der Waals surface area contributed by atoms with Gasteiger partial charge in [0.2, 0.25) is 0 Å². The molecule has 0 spiro atoms. The van der Waals surface area contributed by atoms with Crippen LogP contribution in [0.1, 0.15) is 40.5 Å². The van der Waals surface area contributed by atoms with Crippen LogP contribution in [0.5, 0.6) is 5.75 Å². The van der Waals surface area contributed by atoms with Gasteiger partial charge in [0.05, 0.1) is 12.2 Å². The molecule has 1 N–H and O–H groups in total. The zero-order chi connectivity index (χ0) is 19.9. The van der Waals surface area contributed by atoms with Gasteiger partial charge in [-0.1, -0.05) is 12.1 Å². The summed E-state index contributed by atoms with van der Waals surface area (Å²) in [6.45, 7) is 4.20. The van der Waals surface area contributed by atoms with E-state index in [1.807, 2.05) is 6.92 Å². The molecule has 2 amide bonds. The summed E-state index contributed by atoms with van der Waals surface area (Å²) < 4.78 is 19.2. The third-order valence-corrected chi connectivity index (χ3v) is 4.98. The number of likely N-dealkylation sites (tertiary alicyclic amines) is 1. The zero-order valence-corrected chi connectivity index (χ0v) is 16.0. The lowest BCUT2D eigenvalue weighted by atomic mass is 9.96. The van der Waals surface area contributed by atoms with Gasteiger partial charge in [-0.25, -0.2) is 4.39 Å². The highest BCUT2D eigenvalue weighted by molar-refractivity contribution is 5.95. The number of carbonyl (C=O) groups is 2. The topological polar surface area (TPSA) is 58.6 Å². The van der Waals surface area contributed by atoms with Crippen molar-refractivity contribution in [2.75, 3.05) is 26.2 Å². The predicted molar refractivity (Wildman–Crippen MR) is 105 cm³/mol. The number of amides is 2. The van der Waals surface area contributed by atoms with Crippen LogP contribution in [-0.4, -0.2) is 43.0 Å². The number of nitrogens with one attached hydrogen (secondary N) is 1. The van der Waals surface area contributed by atoms with Gasteiger partial charge in [-0.2, -0.15) is 0 Å². The second-order valence-electron chi connectivity index (χ2n) is 6.88. The number of hydrogen-bond donors (Lipinski definition) is 1. The van der Waals surface area contributed by atoms with Crippen LogP contribution in [0.4, 0.5) is 4.39 Å². The smallest absolute Gasteiger partial charge is 0.256 e. The van der Waals surface area contributed by atoms with E-state index in [1.54, 1.807) is 41.3 Å². The lowest BCUT2D eigenvalue weighted by Gasteiger charge is -2.32. The van der Waals surface area contributed by atoms with Crippen LogP contribution in [0, 0.1) is 11.7 Å². The molecule has 0 radical (unpaired) electrons. The summed E-state index contributed by atoms with van der Waals surface area (Å²) in [7, 11) is 0. The van der Waals surface area contributed by atoms with Crippen molar-refractivity contribution in [1.29, 1.82) is 0 Å². The number of piperidine rings is 1. The lowest BCUT2D eigenvalue weighted by Crippen LogP contribution is -2.41. The van der Waals surface area contributed by atoms with E-state index >= 15 is 0 Å². The summed E-state index contributed by atoms with van der Waals surface area (Å²) in [4.78, 5) is 26.4. The summed E-state index contributed by atoms with van der Waals surface area (Å²) in [5.41, 5.74) is 0.709. The van der Waals surface area contributed by atoms with Gasteiger partial charge in [0.1, 0.15) is 11.6 Å². The van der Waals surface area contributed by atoms with E-state index in [0.717, 1.165) is 18.6 Å². The number of benzene rings is 2. The van der Waals surface area contributed by atoms with Gasteiger partial charge in [0.15, 0.2) is 0 Å². The van der Waals surface area contributed by atoms with Gasteiger partial charge in [0, 0.05) is 25.2 Å². The molecule has 28 heavy (non-hydrogen) atoms. The normalized spacial score (nSPS) is 14.6. The van der Waals surface area contributed by atoms with Crippen LogP contribution in [0.2, 0.25) is 0 Å². The fourth-order valence-corrected chi connectivity index (χ4v) is 3.35. The molecule has 1 heterocycles. The van der Waals surface area contributed by atoms with E-state index < -0.39 is 5.82 Å². The first kappa shape index (κ1) is 19.9. The van der Waals surface area contributed by atoms with Crippen molar-refractivity contribution in [1.82, 2.24) is 10.2 Å². The molecule has 1 saturated heterocycles. The minimum atomic E-state index is -0.489. The maximum absolute atomic E-state index is 13.8. The van der Waals surface area contributed by atoms with Gasteiger partial charge in [0.25, 0.3) is 11.8 Å². The Labute approximate surface area is 164 Å². The summed E-state index contributed by atoms with van der Waals surface area (Å²) in [6, 6.07) is 13.1. The molecule has 5 nitrogen and oxygen atoms in total. The van der Waals surface area contributed by atoms with Crippen molar-refractivity contribution >= 4 is 11.8 Å². The molecular formula is C22H25FN2O3. The van der Waals surface area contributed by atoms with Gasteiger partial charge in [-0.05, 0) is 62.1 Å². The van der Waals surface area contributed by atoms with Gasteiger partial charge < -0.3 is 15.0 Å². The Kier molecular flexibility index (Phi) is 6.63. The highest BCUT2D eigenvalue weighted by Gasteiger charge is 2.25. The molecule has 1 fully saturated rings. The van der Waals surface area contributed by atoms with E-state index in [1.165, 1.54) is 12.1 Å². The lowest BCUT2D eigenvalue weighted by molar-refractivity contribution is 0.0679. The highest BCUT2D eigenvalue weighted by Crippen LogP contribution is 2.20. The van der Waals surface area contributed by atoms with Crippen LogP contribution < -0.4 is 10.1 Å². The molecule has 6 heteroatoms. The Balaban J connectivity index is 1.46. The standard InChI is InChI=1S/C22H25FN2O3/c1-2-28-18-9-7-17(8-10-18)21(26)24-15-16-11-13-25(14-12-16)22(27)19-5-3-4-6-20(19)23/h3-10,16H,2,11-15H2,1H3,(H,24,26). The van der Waals surface area contributed by atoms with Crippen molar-refractivity contribution in [3.63, 3.8) is 0 Å². The minimum Gasteiger partial charge on any atom is -0.494 e. The Morgan fingerprint density at radius 1 is 1.11 bits per heavy atom. The third-order valence-electron chi connectivity index (χ3n) is 4.98. The average Bonchev–Trinajstić information content (AvgIpc) is 2.73. The average molecular weight is 384 g/mol. The monoisotopic (exact) mass is 384 g/mol. The third kappa shape index (κ3) is 4.88. The van der Waals surface area contributed by atoms with Crippen LogP contribution in [-0.2, 0) is 0 Å². The van der Waals surface area contributed by atoms with E-state index in [2.05, 4.69) is 5.32 Å². The fraction of sp³-hybridized carbons (Fsp3) is 0.364. The van der Waals surface area contributed by atoms with Crippen molar-refractivity contribution in [3.8, 4) is 5.75 Å². The Morgan fingerprint density at radius 2 is 1.79 bits per heavy atom. The molecule has 0 bridgehead atoms. The van der Waals surface area contributed by atoms with Crippen molar-refractivity contribution in [2.45, 2.75) is 19.8 Å². The number of halogens is 1. The molecule has 2 aromatic rings. The molecule has 0 atom stereocenters. The predicted octanol–water partition coefficient (Wildman–Crippen LogP) is 3.51. The molecule has 1 aliphatic rings. The van der Waals surface area contributed by atoms with Crippen molar-refractivity contribution in [3.05, 3.63) is 65.5 Å². The first-order valence-electron chi connectivity index (χ1n) is 9.63. The Bertz CT molecular complexity index is 815. The van der Waals surface area contributed by atoms with E-state index in [4.69, 9.17) is 4.74 Å². The molecular weight excluding hydrogens is 359 g/mol. The van der Waals surface area contributed by atoms with E-state index in [9.17, 15) is 14.0 Å². The van der Waals surface area contributed by atoms with Crippen molar-refractivity contribution in [2.24, 2.45) is 5.92 Å². The molecule has 0 aromatic heterocycles. The quantitative estimate of drug-likeness (QED) is 0.829. The molecule has 148 valence electrons. The largest absolute Gasteiger partial charge is 0.494 e. The number of hydrogen-bond acceptors (Lipinski definition) is 3. The molecule has 0 unspecified atom stereocenters. The maximum atomic E-state index is 13.8. The van der Waals surface area contributed by atoms with Crippen LogP contribution in [0.25, 0.3) is 0 Å². The molecule has 3 rings (SSSR count). The fourth-order valence-electron chi connectivity index (χ4n) is 3.35. The van der Waals surface area contributed by atoms with Gasteiger partial charge >= 0.3 is 0 Å². The molecule has 2 aromatic carbocycles. The second-order valence-corrected chi connectivity index (χ2v) is 6.88. The number of nitrogens with zero attached hydrogens (tertiary/aromatic N) is 1. The van der Waals surface area contributed by atoms with Crippen LogP contribution in [0.15, 0.2) is 48.5 Å². The van der Waals surface area contributed by atoms with E-state index in [0.29, 0.717) is 37.7 Å². The van der Waals surface area contributed by atoms with Crippen LogP contribution in [0.3, 0.4) is 0 Å². The first-order chi connectivity index (χ1) is 13.6.